The Labute approximate surface area is 131 Å². The molecule has 1 aliphatic heterocycles. The third-order valence-corrected chi connectivity index (χ3v) is 3.94. The van der Waals surface area contributed by atoms with Gasteiger partial charge in [-0.2, -0.15) is 0 Å². The minimum Gasteiger partial charge on any atom is -0.465 e. The van der Waals surface area contributed by atoms with Crippen molar-refractivity contribution in [2.75, 3.05) is 13.7 Å². The number of benzene rings is 1. The van der Waals surface area contributed by atoms with Crippen molar-refractivity contribution in [2.45, 2.75) is 25.1 Å². The number of ether oxygens (including phenoxy) is 1. The van der Waals surface area contributed by atoms with Crippen LogP contribution in [0.15, 0.2) is 18.2 Å². The number of halogens is 2. The van der Waals surface area contributed by atoms with Crippen molar-refractivity contribution in [1.82, 2.24) is 10.2 Å². The average Bonchev–Trinajstić information content (AvgIpc) is 2.92. The van der Waals surface area contributed by atoms with E-state index in [1.807, 2.05) is 0 Å². The monoisotopic (exact) mass is 330 g/mol. The van der Waals surface area contributed by atoms with Crippen LogP contribution in [0.2, 0.25) is 5.02 Å². The highest BCUT2D eigenvalue weighted by Gasteiger charge is 2.42. The van der Waals surface area contributed by atoms with E-state index in [1.165, 1.54) is 19.2 Å². The first-order valence-corrected chi connectivity index (χ1v) is 7.06. The zero-order chi connectivity index (χ0) is 16.3. The van der Waals surface area contributed by atoms with Crippen molar-refractivity contribution in [3.8, 4) is 0 Å². The van der Waals surface area contributed by atoms with Crippen LogP contribution < -0.4 is 5.32 Å². The van der Waals surface area contributed by atoms with Gasteiger partial charge in [0.15, 0.2) is 0 Å². The predicted molar refractivity (Wildman–Crippen MR) is 77.2 cm³/mol. The van der Waals surface area contributed by atoms with Gasteiger partial charge in [0.25, 0.3) is 0 Å². The van der Waals surface area contributed by atoms with E-state index in [4.69, 9.17) is 21.4 Å². The van der Waals surface area contributed by atoms with Gasteiger partial charge in [-0.15, -0.1) is 0 Å². The Hall–Kier alpha value is -1.86. The third kappa shape index (κ3) is 3.31. The van der Waals surface area contributed by atoms with Gasteiger partial charge in [-0.05, 0) is 12.5 Å². The zero-order valence-corrected chi connectivity index (χ0v) is 12.6. The van der Waals surface area contributed by atoms with Crippen LogP contribution in [0, 0.1) is 5.82 Å². The highest BCUT2D eigenvalue weighted by molar-refractivity contribution is 6.30. The smallest absolute Gasteiger partial charge is 0.408 e. The normalized spacial score (nSPS) is 21.0. The first-order chi connectivity index (χ1) is 10.5. The van der Waals surface area contributed by atoms with E-state index in [9.17, 15) is 14.0 Å². The highest BCUT2D eigenvalue weighted by Crippen LogP contribution is 2.22. The second-order valence-corrected chi connectivity index (χ2v) is 5.32. The third-order valence-electron chi connectivity index (χ3n) is 3.64. The molecule has 0 unspecified atom stereocenters. The first-order valence-electron chi connectivity index (χ1n) is 6.68. The summed E-state index contributed by atoms with van der Waals surface area (Å²) in [4.78, 5) is 24.4. The molecule has 8 heteroatoms. The number of hydrogen-bond acceptors (Lipinski definition) is 3. The topological polar surface area (TPSA) is 78.9 Å². The van der Waals surface area contributed by atoms with E-state index in [0.29, 0.717) is 6.42 Å². The number of hydrogen-bond donors (Lipinski definition) is 2. The SMILES string of the molecule is CO[C@@H]1CCN(C(=O)O)[C@@H]1C(=O)NCc1cccc(Cl)c1F. The number of likely N-dealkylation sites (tertiary alicyclic amines) is 1. The number of carbonyl (C=O) groups excluding carboxylic acids is 1. The van der Waals surface area contributed by atoms with Crippen molar-refractivity contribution in [3.63, 3.8) is 0 Å². The largest absolute Gasteiger partial charge is 0.465 e. The van der Waals surface area contributed by atoms with Gasteiger partial charge in [-0.1, -0.05) is 23.7 Å². The van der Waals surface area contributed by atoms with Gasteiger partial charge in [0, 0.05) is 25.8 Å². The number of carbonyl (C=O) groups is 2. The first kappa shape index (κ1) is 16.5. The summed E-state index contributed by atoms with van der Waals surface area (Å²) in [5.74, 6) is -1.12. The maximum atomic E-state index is 13.8. The van der Waals surface area contributed by atoms with E-state index in [-0.39, 0.29) is 23.7 Å². The molecule has 0 bridgehead atoms. The lowest BCUT2D eigenvalue weighted by molar-refractivity contribution is -0.128. The molecule has 1 saturated heterocycles. The summed E-state index contributed by atoms with van der Waals surface area (Å²) >= 11 is 5.67. The van der Waals surface area contributed by atoms with Crippen molar-refractivity contribution in [1.29, 1.82) is 0 Å². The molecule has 1 heterocycles. The lowest BCUT2D eigenvalue weighted by Crippen LogP contribution is -2.50. The Balaban J connectivity index is 2.07. The molecule has 1 aliphatic rings. The summed E-state index contributed by atoms with van der Waals surface area (Å²) in [6.07, 6.45) is -1.26. The van der Waals surface area contributed by atoms with E-state index in [0.717, 1.165) is 4.90 Å². The summed E-state index contributed by atoms with van der Waals surface area (Å²) in [7, 11) is 1.42. The average molecular weight is 331 g/mol. The van der Waals surface area contributed by atoms with Gasteiger partial charge < -0.3 is 15.2 Å². The lowest BCUT2D eigenvalue weighted by atomic mass is 10.1. The molecule has 120 valence electrons. The number of carboxylic acid groups (broad SMARTS) is 1. The number of nitrogens with one attached hydrogen (secondary N) is 1. The maximum absolute atomic E-state index is 13.8. The quantitative estimate of drug-likeness (QED) is 0.883. The standard InChI is InChI=1S/C14H16ClFN2O4/c1-22-10-5-6-18(14(20)21)12(10)13(19)17-7-8-3-2-4-9(15)11(8)16/h2-4,10,12H,5-7H2,1H3,(H,17,19)(H,20,21)/t10-,12+/m1/s1. The summed E-state index contributed by atoms with van der Waals surface area (Å²) in [5.41, 5.74) is 0.231. The van der Waals surface area contributed by atoms with Gasteiger partial charge in [0.05, 0.1) is 11.1 Å². The fourth-order valence-corrected chi connectivity index (χ4v) is 2.70. The van der Waals surface area contributed by atoms with Gasteiger partial charge in [0.1, 0.15) is 11.9 Å². The molecule has 0 radical (unpaired) electrons. The van der Waals surface area contributed by atoms with E-state index < -0.39 is 30.0 Å². The molecule has 0 saturated carbocycles. The van der Waals surface area contributed by atoms with E-state index in [1.54, 1.807) is 6.07 Å². The van der Waals surface area contributed by atoms with Crippen LogP contribution in [0.3, 0.4) is 0 Å². The van der Waals surface area contributed by atoms with E-state index >= 15 is 0 Å². The lowest BCUT2D eigenvalue weighted by Gasteiger charge is -2.24. The van der Waals surface area contributed by atoms with Gasteiger partial charge in [-0.25, -0.2) is 9.18 Å². The summed E-state index contributed by atoms with van der Waals surface area (Å²) in [5, 5.41) is 11.6. The fourth-order valence-electron chi connectivity index (χ4n) is 2.51. The molecule has 1 aromatic rings. The second kappa shape index (κ2) is 6.93. The molecule has 0 spiro atoms. The van der Waals surface area contributed by atoms with Crippen LogP contribution in [-0.2, 0) is 16.1 Å². The maximum Gasteiger partial charge on any atom is 0.408 e. The van der Waals surface area contributed by atoms with Crippen molar-refractivity contribution in [2.24, 2.45) is 0 Å². The minimum absolute atomic E-state index is 0.0328. The molecule has 2 rings (SSSR count). The van der Waals surface area contributed by atoms with Crippen LogP contribution >= 0.6 is 11.6 Å². The minimum atomic E-state index is -1.19. The van der Waals surface area contributed by atoms with Crippen LogP contribution in [0.5, 0.6) is 0 Å². The molecule has 2 amide bonds. The molecule has 0 aliphatic carbocycles. The molecule has 6 nitrogen and oxygen atoms in total. The fraction of sp³-hybridized carbons (Fsp3) is 0.429. The summed E-state index contributed by atoms with van der Waals surface area (Å²) in [6, 6.07) is 3.54. The predicted octanol–water partition coefficient (Wildman–Crippen LogP) is 1.86. The molecular weight excluding hydrogens is 315 g/mol. The highest BCUT2D eigenvalue weighted by atomic mass is 35.5. The van der Waals surface area contributed by atoms with Gasteiger partial charge in [0.2, 0.25) is 5.91 Å². The number of nitrogens with zero attached hydrogens (tertiary/aromatic N) is 1. The van der Waals surface area contributed by atoms with Crippen LogP contribution in [0.4, 0.5) is 9.18 Å². The molecule has 2 atom stereocenters. The van der Waals surface area contributed by atoms with Crippen molar-refractivity contribution < 1.29 is 23.8 Å². The van der Waals surface area contributed by atoms with Crippen LogP contribution in [0.1, 0.15) is 12.0 Å². The Bertz CT molecular complexity index is 584. The van der Waals surface area contributed by atoms with Crippen LogP contribution in [-0.4, -0.2) is 47.8 Å². The molecule has 2 N–H and O–H groups in total. The summed E-state index contributed by atoms with van der Waals surface area (Å²) < 4.78 is 18.9. The molecule has 22 heavy (non-hydrogen) atoms. The Morgan fingerprint density at radius 3 is 2.91 bits per heavy atom. The number of methoxy groups -OCH3 is 1. The zero-order valence-electron chi connectivity index (χ0n) is 11.9. The van der Waals surface area contributed by atoms with Crippen molar-refractivity contribution >= 4 is 23.6 Å². The van der Waals surface area contributed by atoms with Gasteiger partial charge >= 0.3 is 6.09 Å². The summed E-state index contributed by atoms with van der Waals surface area (Å²) in [6.45, 7) is 0.142. The number of rotatable bonds is 4. The second-order valence-electron chi connectivity index (χ2n) is 4.91. The van der Waals surface area contributed by atoms with Gasteiger partial charge in [-0.3, -0.25) is 9.69 Å². The molecule has 1 aromatic carbocycles. The van der Waals surface area contributed by atoms with E-state index in [2.05, 4.69) is 5.32 Å². The molecule has 1 fully saturated rings. The Morgan fingerprint density at radius 1 is 1.55 bits per heavy atom. The number of amides is 2. The van der Waals surface area contributed by atoms with Crippen LogP contribution in [0.25, 0.3) is 0 Å². The van der Waals surface area contributed by atoms with Crippen molar-refractivity contribution in [3.05, 3.63) is 34.6 Å². The Morgan fingerprint density at radius 2 is 2.27 bits per heavy atom. The molecule has 0 aromatic heterocycles. The molecular formula is C14H16ClFN2O4. The Kier molecular flexibility index (Phi) is 5.20.